The molecule has 2 N–H and O–H groups in total. The number of ether oxygens (including phenoxy) is 1. The molecule has 0 aliphatic rings. The van der Waals surface area contributed by atoms with Gasteiger partial charge in [-0.05, 0) is 30.7 Å². The van der Waals surface area contributed by atoms with Crippen LogP contribution in [0.5, 0.6) is 0 Å². The molecule has 0 radical (unpaired) electrons. The molecule has 0 aliphatic heterocycles. The minimum atomic E-state index is -0.191. The van der Waals surface area contributed by atoms with E-state index in [2.05, 4.69) is 15.9 Å². The van der Waals surface area contributed by atoms with Crippen LogP contribution in [0.15, 0.2) is 28.7 Å². The third kappa shape index (κ3) is 4.95. The molecule has 0 unspecified atom stereocenters. The molecule has 0 fully saturated rings. The topological polar surface area (TPSA) is 52.3 Å². The average molecular weight is 272 g/mol. The van der Waals surface area contributed by atoms with Crippen LogP contribution in [0, 0.1) is 0 Å². The van der Waals surface area contributed by atoms with Crippen LogP contribution in [0.4, 0.5) is 0 Å². The molecule has 0 heterocycles. The molecule has 0 amide bonds. The molecule has 0 atom stereocenters. The fourth-order valence-electron chi connectivity index (χ4n) is 1.06. The summed E-state index contributed by atoms with van der Waals surface area (Å²) in [5.74, 6) is -0.191. The quantitative estimate of drug-likeness (QED) is 0.836. The van der Waals surface area contributed by atoms with Gasteiger partial charge < -0.3 is 10.5 Å². The molecule has 0 saturated heterocycles. The number of benzene rings is 1. The largest absolute Gasteiger partial charge is 0.461 e. The first-order valence-corrected chi connectivity index (χ1v) is 5.62. The van der Waals surface area contributed by atoms with E-state index in [1.807, 2.05) is 24.3 Å². The zero-order valence-corrected chi connectivity index (χ0v) is 10.00. The fourth-order valence-corrected chi connectivity index (χ4v) is 1.33. The summed E-state index contributed by atoms with van der Waals surface area (Å²) in [6.07, 6.45) is 1.08. The molecular formula is C11H14BrNO2. The zero-order chi connectivity index (χ0) is 11.1. The summed E-state index contributed by atoms with van der Waals surface area (Å²) >= 11 is 3.34. The van der Waals surface area contributed by atoms with Gasteiger partial charge in [-0.3, -0.25) is 4.79 Å². The molecular weight excluding hydrogens is 258 g/mol. The third-order valence-electron chi connectivity index (χ3n) is 1.90. The summed E-state index contributed by atoms with van der Waals surface area (Å²) < 4.78 is 6.07. The van der Waals surface area contributed by atoms with Gasteiger partial charge in [0.25, 0.3) is 0 Å². The van der Waals surface area contributed by atoms with Crippen LogP contribution < -0.4 is 5.73 Å². The minimum Gasteiger partial charge on any atom is -0.461 e. The molecule has 4 heteroatoms. The van der Waals surface area contributed by atoms with Crippen molar-refractivity contribution in [1.29, 1.82) is 0 Å². The standard InChI is InChI=1S/C11H14BrNO2/c12-10-5-3-9(4-6-10)8-15-11(14)2-1-7-13/h3-6H,1-2,7-8,13H2. The van der Waals surface area contributed by atoms with Crippen LogP contribution in [0.1, 0.15) is 18.4 Å². The van der Waals surface area contributed by atoms with Crippen molar-refractivity contribution in [2.24, 2.45) is 5.73 Å². The number of hydrogen-bond acceptors (Lipinski definition) is 3. The third-order valence-corrected chi connectivity index (χ3v) is 2.43. The van der Waals surface area contributed by atoms with Crippen LogP contribution in [-0.4, -0.2) is 12.5 Å². The maximum Gasteiger partial charge on any atom is 0.306 e. The van der Waals surface area contributed by atoms with Crippen molar-refractivity contribution in [3.05, 3.63) is 34.3 Å². The van der Waals surface area contributed by atoms with Crippen molar-refractivity contribution in [2.75, 3.05) is 6.54 Å². The van der Waals surface area contributed by atoms with E-state index in [0.29, 0.717) is 26.0 Å². The van der Waals surface area contributed by atoms with E-state index in [9.17, 15) is 4.79 Å². The van der Waals surface area contributed by atoms with E-state index in [-0.39, 0.29) is 5.97 Å². The number of rotatable bonds is 5. The Morgan fingerprint density at radius 3 is 2.60 bits per heavy atom. The van der Waals surface area contributed by atoms with Crippen molar-refractivity contribution in [1.82, 2.24) is 0 Å². The first kappa shape index (κ1) is 12.2. The van der Waals surface area contributed by atoms with Gasteiger partial charge in [-0.15, -0.1) is 0 Å². The fraction of sp³-hybridized carbons (Fsp3) is 0.364. The number of halogens is 1. The van der Waals surface area contributed by atoms with Crippen LogP contribution in [0.3, 0.4) is 0 Å². The second-order valence-electron chi connectivity index (χ2n) is 3.18. The van der Waals surface area contributed by atoms with Crippen molar-refractivity contribution in [2.45, 2.75) is 19.4 Å². The lowest BCUT2D eigenvalue weighted by molar-refractivity contribution is -0.145. The summed E-state index contributed by atoms with van der Waals surface area (Å²) in [5.41, 5.74) is 6.27. The van der Waals surface area contributed by atoms with Gasteiger partial charge in [0.05, 0.1) is 0 Å². The lowest BCUT2D eigenvalue weighted by Crippen LogP contribution is -2.07. The van der Waals surface area contributed by atoms with Gasteiger partial charge >= 0.3 is 5.97 Å². The molecule has 0 aliphatic carbocycles. The van der Waals surface area contributed by atoms with Gasteiger partial charge in [-0.1, -0.05) is 28.1 Å². The lowest BCUT2D eigenvalue weighted by atomic mass is 10.2. The summed E-state index contributed by atoms with van der Waals surface area (Å²) in [5, 5.41) is 0. The highest BCUT2D eigenvalue weighted by molar-refractivity contribution is 9.10. The van der Waals surface area contributed by atoms with Gasteiger partial charge in [0.2, 0.25) is 0 Å². The Kier molecular flexibility index (Phi) is 5.36. The lowest BCUT2D eigenvalue weighted by Gasteiger charge is -2.04. The van der Waals surface area contributed by atoms with Crippen LogP contribution >= 0.6 is 15.9 Å². The highest BCUT2D eigenvalue weighted by Gasteiger charge is 2.02. The van der Waals surface area contributed by atoms with Gasteiger partial charge in [-0.2, -0.15) is 0 Å². The first-order valence-electron chi connectivity index (χ1n) is 4.82. The van der Waals surface area contributed by atoms with Gasteiger partial charge in [-0.25, -0.2) is 0 Å². The van der Waals surface area contributed by atoms with E-state index < -0.39 is 0 Å². The molecule has 3 nitrogen and oxygen atoms in total. The second-order valence-corrected chi connectivity index (χ2v) is 4.10. The Morgan fingerprint density at radius 2 is 2.00 bits per heavy atom. The molecule has 1 rings (SSSR count). The summed E-state index contributed by atoms with van der Waals surface area (Å²) in [6, 6.07) is 7.67. The molecule has 0 saturated carbocycles. The second kappa shape index (κ2) is 6.58. The Morgan fingerprint density at radius 1 is 1.33 bits per heavy atom. The van der Waals surface area contributed by atoms with E-state index in [4.69, 9.17) is 10.5 Å². The molecule has 15 heavy (non-hydrogen) atoms. The van der Waals surface area contributed by atoms with E-state index in [0.717, 1.165) is 10.0 Å². The number of nitrogens with two attached hydrogens (primary N) is 1. The molecule has 0 bridgehead atoms. The SMILES string of the molecule is NCCCC(=O)OCc1ccc(Br)cc1. The van der Waals surface area contributed by atoms with Gasteiger partial charge in [0.15, 0.2) is 0 Å². The highest BCUT2D eigenvalue weighted by atomic mass is 79.9. The molecule has 82 valence electrons. The summed E-state index contributed by atoms with van der Waals surface area (Å²) in [4.78, 5) is 11.2. The predicted octanol–water partition coefficient (Wildman–Crippen LogP) is 2.23. The predicted molar refractivity (Wildman–Crippen MR) is 62.2 cm³/mol. The Labute approximate surface area is 97.7 Å². The van der Waals surface area contributed by atoms with E-state index in [1.54, 1.807) is 0 Å². The van der Waals surface area contributed by atoms with E-state index >= 15 is 0 Å². The molecule has 0 spiro atoms. The Bertz CT molecular complexity index is 311. The average Bonchev–Trinajstić information content (AvgIpc) is 2.25. The Hall–Kier alpha value is -0.870. The maximum atomic E-state index is 11.2. The normalized spacial score (nSPS) is 10.0. The number of hydrogen-bond donors (Lipinski definition) is 1. The zero-order valence-electron chi connectivity index (χ0n) is 8.41. The monoisotopic (exact) mass is 271 g/mol. The van der Waals surface area contributed by atoms with E-state index in [1.165, 1.54) is 0 Å². The highest BCUT2D eigenvalue weighted by Crippen LogP contribution is 2.11. The number of esters is 1. The molecule has 0 aromatic heterocycles. The van der Waals surface area contributed by atoms with Crippen molar-refractivity contribution in [3.8, 4) is 0 Å². The summed E-state index contributed by atoms with van der Waals surface area (Å²) in [6.45, 7) is 0.851. The smallest absolute Gasteiger partial charge is 0.306 e. The van der Waals surface area contributed by atoms with Gasteiger partial charge in [0.1, 0.15) is 6.61 Å². The maximum absolute atomic E-state index is 11.2. The Balaban J connectivity index is 2.30. The van der Waals surface area contributed by atoms with Crippen LogP contribution in [-0.2, 0) is 16.1 Å². The molecule has 1 aromatic rings. The molecule has 1 aromatic carbocycles. The minimum absolute atomic E-state index is 0.191. The summed E-state index contributed by atoms with van der Waals surface area (Å²) in [7, 11) is 0. The first-order chi connectivity index (χ1) is 7.22. The van der Waals surface area contributed by atoms with Crippen molar-refractivity contribution >= 4 is 21.9 Å². The number of carbonyl (C=O) groups is 1. The van der Waals surface area contributed by atoms with Crippen molar-refractivity contribution in [3.63, 3.8) is 0 Å². The number of carbonyl (C=O) groups excluding carboxylic acids is 1. The van der Waals surface area contributed by atoms with Gasteiger partial charge in [0, 0.05) is 10.9 Å². The van der Waals surface area contributed by atoms with Crippen molar-refractivity contribution < 1.29 is 9.53 Å². The van der Waals surface area contributed by atoms with Crippen LogP contribution in [0.25, 0.3) is 0 Å². The van der Waals surface area contributed by atoms with Crippen LogP contribution in [0.2, 0.25) is 0 Å².